The maximum absolute atomic E-state index is 10.5. The molecule has 3 heteroatoms. The molecular formula is C10H17NO2. The van der Waals surface area contributed by atoms with Crippen LogP contribution >= 0.6 is 0 Å². The summed E-state index contributed by atoms with van der Waals surface area (Å²) in [6, 6.07) is 0. The summed E-state index contributed by atoms with van der Waals surface area (Å²) in [6.45, 7) is 0. The topological polar surface area (TPSA) is 63.3 Å². The molecule has 3 N–H and O–H groups in total. The second-order valence-corrected chi connectivity index (χ2v) is 4.79. The Morgan fingerprint density at radius 3 is 2.38 bits per heavy atom. The number of carboxylic acid groups (broad SMARTS) is 1. The summed E-state index contributed by atoms with van der Waals surface area (Å²) in [5, 5.41) is 8.63. The molecule has 2 aliphatic rings. The van der Waals surface area contributed by atoms with Crippen molar-refractivity contribution in [3.8, 4) is 0 Å². The SMILES string of the molecule is NC1(CC(=O)O)CC(C2CCC2)C1. The van der Waals surface area contributed by atoms with E-state index in [0.29, 0.717) is 0 Å². The molecule has 0 spiro atoms. The molecule has 13 heavy (non-hydrogen) atoms. The summed E-state index contributed by atoms with van der Waals surface area (Å²) in [5.41, 5.74) is 5.56. The molecule has 2 rings (SSSR count). The van der Waals surface area contributed by atoms with Crippen LogP contribution in [0.3, 0.4) is 0 Å². The summed E-state index contributed by atoms with van der Waals surface area (Å²) in [7, 11) is 0. The molecule has 0 saturated heterocycles. The van der Waals surface area contributed by atoms with Gasteiger partial charge in [0.05, 0.1) is 6.42 Å². The van der Waals surface area contributed by atoms with Gasteiger partial charge in [0.1, 0.15) is 0 Å². The number of rotatable bonds is 3. The molecule has 0 aromatic carbocycles. The first kappa shape index (κ1) is 9.00. The number of hydrogen-bond acceptors (Lipinski definition) is 2. The van der Waals surface area contributed by atoms with E-state index < -0.39 is 5.97 Å². The predicted molar refractivity (Wildman–Crippen MR) is 49.2 cm³/mol. The van der Waals surface area contributed by atoms with Gasteiger partial charge in [0.25, 0.3) is 0 Å². The standard InChI is InChI=1S/C10H17NO2/c11-10(6-9(12)13)4-8(5-10)7-2-1-3-7/h7-8H,1-6,11H2,(H,12,13). The monoisotopic (exact) mass is 183 g/mol. The van der Waals surface area contributed by atoms with E-state index in [0.717, 1.165) is 24.7 Å². The van der Waals surface area contributed by atoms with Gasteiger partial charge >= 0.3 is 5.97 Å². The molecule has 3 nitrogen and oxygen atoms in total. The molecule has 2 saturated carbocycles. The van der Waals surface area contributed by atoms with Crippen molar-refractivity contribution in [2.45, 2.75) is 44.1 Å². The quantitative estimate of drug-likeness (QED) is 0.694. The highest BCUT2D eigenvalue weighted by Crippen LogP contribution is 2.48. The van der Waals surface area contributed by atoms with Crippen LogP contribution < -0.4 is 5.73 Å². The van der Waals surface area contributed by atoms with Crippen LogP contribution in [0.25, 0.3) is 0 Å². The van der Waals surface area contributed by atoms with Gasteiger partial charge < -0.3 is 10.8 Å². The number of carbonyl (C=O) groups is 1. The Balaban J connectivity index is 1.78. The third kappa shape index (κ3) is 1.70. The molecule has 74 valence electrons. The first-order chi connectivity index (χ1) is 6.09. The van der Waals surface area contributed by atoms with E-state index in [1.54, 1.807) is 0 Å². The van der Waals surface area contributed by atoms with Crippen LogP contribution in [0.2, 0.25) is 0 Å². The Morgan fingerprint density at radius 2 is 2.00 bits per heavy atom. The second kappa shape index (κ2) is 2.98. The van der Waals surface area contributed by atoms with Crippen molar-refractivity contribution in [1.82, 2.24) is 0 Å². The lowest BCUT2D eigenvalue weighted by atomic mass is 9.58. The van der Waals surface area contributed by atoms with E-state index >= 15 is 0 Å². The van der Waals surface area contributed by atoms with Gasteiger partial charge in [-0.2, -0.15) is 0 Å². The molecule has 0 amide bonds. The fraction of sp³-hybridized carbons (Fsp3) is 0.900. The molecule has 0 atom stereocenters. The van der Waals surface area contributed by atoms with Crippen LogP contribution in [0.5, 0.6) is 0 Å². The molecule has 0 bridgehead atoms. The maximum Gasteiger partial charge on any atom is 0.305 e. The van der Waals surface area contributed by atoms with Crippen molar-refractivity contribution in [3.05, 3.63) is 0 Å². The molecule has 2 aliphatic carbocycles. The zero-order chi connectivity index (χ0) is 9.47. The Kier molecular flexibility index (Phi) is 2.06. The van der Waals surface area contributed by atoms with Gasteiger partial charge in [-0.15, -0.1) is 0 Å². The average Bonchev–Trinajstić information content (AvgIpc) is 1.77. The van der Waals surface area contributed by atoms with Gasteiger partial charge in [-0.05, 0) is 24.7 Å². The lowest BCUT2D eigenvalue weighted by Gasteiger charge is -2.50. The van der Waals surface area contributed by atoms with E-state index in [1.807, 2.05) is 0 Å². The largest absolute Gasteiger partial charge is 0.481 e. The molecule has 2 fully saturated rings. The molecular weight excluding hydrogens is 166 g/mol. The fourth-order valence-corrected chi connectivity index (χ4v) is 2.67. The van der Waals surface area contributed by atoms with Crippen molar-refractivity contribution in [2.24, 2.45) is 17.6 Å². The van der Waals surface area contributed by atoms with Crippen LogP contribution in [-0.4, -0.2) is 16.6 Å². The van der Waals surface area contributed by atoms with Crippen LogP contribution in [0, 0.1) is 11.8 Å². The predicted octanol–water partition coefficient (Wildman–Crippen LogP) is 1.37. The lowest BCUT2D eigenvalue weighted by Crippen LogP contribution is -2.55. The highest BCUT2D eigenvalue weighted by Gasteiger charge is 2.46. The first-order valence-electron chi connectivity index (χ1n) is 5.10. The third-order valence-corrected chi connectivity index (χ3v) is 3.66. The zero-order valence-corrected chi connectivity index (χ0v) is 7.83. The Labute approximate surface area is 78.3 Å². The van der Waals surface area contributed by atoms with Crippen LogP contribution in [0.1, 0.15) is 38.5 Å². The van der Waals surface area contributed by atoms with Crippen molar-refractivity contribution in [3.63, 3.8) is 0 Å². The van der Waals surface area contributed by atoms with Crippen LogP contribution in [-0.2, 0) is 4.79 Å². The Hall–Kier alpha value is -0.570. The molecule has 0 aromatic rings. The van der Waals surface area contributed by atoms with Gasteiger partial charge in [0.2, 0.25) is 0 Å². The minimum Gasteiger partial charge on any atom is -0.481 e. The summed E-state index contributed by atoms with van der Waals surface area (Å²) < 4.78 is 0. The smallest absolute Gasteiger partial charge is 0.305 e. The highest BCUT2D eigenvalue weighted by molar-refractivity contribution is 5.68. The number of nitrogens with two attached hydrogens (primary N) is 1. The van der Waals surface area contributed by atoms with Crippen molar-refractivity contribution in [1.29, 1.82) is 0 Å². The van der Waals surface area contributed by atoms with Gasteiger partial charge in [-0.25, -0.2) is 0 Å². The summed E-state index contributed by atoms with van der Waals surface area (Å²) in [5.74, 6) is 0.845. The minimum atomic E-state index is -0.755. The Bertz CT molecular complexity index is 217. The van der Waals surface area contributed by atoms with E-state index in [-0.39, 0.29) is 12.0 Å². The number of hydrogen-bond donors (Lipinski definition) is 2. The lowest BCUT2D eigenvalue weighted by molar-refractivity contribution is -0.140. The number of aliphatic carboxylic acids is 1. The van der Waals surface area contributed by atoms with Crippen LogP contribution in [0.4, 0.5) is 0 Å². The van der Waals surface area contributed by atoms with Crippen molar-refractivity contribution >= 4 is 5.97 Å². The fourth-order valence-electron chi connectivity index (χ4n) is 2.67. The second-order valence-electron chi connectivity index (χ2n) is 4.79. The van der Waals surface area contributed by atoms with Gasteiger partial charge in [-0.1, -0.05) is 19.3 Å². The van der Waals surface area contributed by atoms with E-state index in [9.17, 15) is 4.79 Å². The van der Waals surface area contributed by atoms with Gasteiger partial charge in [0, 0.05) is 5.54 Å². The van der Waals surface area contributed by atoms with E-state index in [1.165, 1.54) is 19.3 Å². The highest BCUT2D eigenvalue weighted by atomic mass is 16.4. The Morgan fingerprint density at radius 1 is 1.38 bits per heavy atom. The molecule has 0 heterocycles. The number of carboxylic acids is 1. The summed E-state index contributed by atoms with van der Waals surface area (Å²) >= 11 is 0. The van der Waals surface area contributed by atoms with Gasteiger partial charge in [0.15, 0.2) is 0 Å². The van der Waals surface area contributed by atoms with Gasteiger partial charge in [-0.3, -0.25) is 4.79 Å². The van der Waals surface area contributed by atoms with Crippen molar-refractivity contribution < 1.29 is 9.90 Å². The molecule has 0 aliphatic heterocycles. The van der Waals surface area contributed by atoms with Crippen LogP contribution in [0.15, 0.2) is 0 Å². The molecule has 0 unspecified atom stereocenters. The maximum atomic E-state index is 10.5. The minimum absolute atomic E-state index is 0.149. The summed E-state index contributed by atoms with van der Waals surface area (Å²) in [4.78, 5) is 10.5. The first-order valence-corrected chi connectivity index (χ1v) is 5.10. The van der Waals surface area contributed by atoms with E-state index in [2.05, 4.69) is 0 Å². The molecule has 0 aromatic heterocycles. The average molecular weight is 183 g/mol. The van der Waals surface area contributed by atoms with Crippen molar-refractivity contribution in [2.75, 3.05) is 0 Å². The zero-order valence-electron chi connectivity index (χ0n) is 7.83. The normalized spacial score (nSPS) is 39.3. The molecule has 0 radical (unpaired) electrons. The van der Waals surface area contributed by atoms with E-state index in [4.69, 9.17) is 10.8 Å². The summed E-state index contributed by atoms with van der Waals surface area (Å²) in [6.07, 6.45) is 6.06. The third-order valence-electron chi connectivity index (χ3n) is 3.66.